The molecule has 1 amide bonds. The van der Waals surface area contributed by atoms with Gasteiger partial charge in [0.15, 0.2) is 5.76 Å². The monoisotopic (exact) mass is 493 g/mol. The Balaban J connectivity index is 1.64. The largest absolute Gasteiger partial charge is 0.505 e. The molecule has 0 aliphatic carbocycles. The van der Waals surface area contributed by atoms with Crippen molar-refractivity contribution in [1.82, 2.24) is 14.3 Å². The number of hydrogen-bond donors (Lipinski definition) is 1. The molecule has 37 heavy (non-hydrogen) atoms. The number of aliphatic hydroxyl groups excluding tert-OH is 1. The maximum absolute atomic E-state index is 13.5. The number of ketones is 1. The van der Waals surface area contributed by atoms with E-state index in [2.05, 4.69) is 11.6 Å². The number of carbonyl (C=O) groups is 2. The highest BCUT2D eigenvalue weighted by Gasteiger charge is 2.46. The second kappa shape index (κ2) is 10.1. The number of likely N-dealkylation sites (tertiary alicyclic amines) is 1. The molecular weight excluding hydrogens is 466 g/mol. The van der Waals surface area contributed by atoms with Gasteiger partial charge in [0.05, 0.1) is 17.3 Å². The first-order chi connectivity index (χ1) is 18.0. The van der Waals surface area contributed by atoms with E-state index in [0.717, 1.165) is 5.56 Å². The van der Waals surface area contributed by atoms with E-state index in [9.17, 15) is 14.7 Å². The van der Waals surface area contributed by atoms with Crippen LogP contribution >= 0.6 is 0 Å². The standard InChI is InChI=1S/C30H27N3O4/c1-3-18-37-23-13-9-12-22(19-23)27-25(28(34)26-20(2)31-24-14-7-8-16-32(24)26)29(35)30(36)33(27)17-15-21-10-5-4-6-11-21/h3-14,16,19,27,34H,1,15,17-18H2,2H3/b28-25+. The summed E-state index contributed by atoms with van der Waals surface area (Å²) in [6.45, 7) is 6.08. The lowest BCUT2D eigenvalue weighted by Gasteiger charge is -2.25. The van der Waals surface area contributed by atoms with E-state index in [0.29, 0.717) is 47.9 Å². The minimum Gasteiger partial charge on any atom is -0.505 e. The quantitative estimate of drug-likeness (QED) is 0.164. The molecular formula is C30H27N3O4. The van der Waals surface area contributed by atoms with Gasteiger partial charge in [0, 0.05) is 12.7 Å². The van der Waals surface area contributed by atoms with Gasteiger partial charge in [-0.3, -0.25) is 14.0 Å². The summed E-state index contributed by atoms with van der Waals surface area (Å²) in [5.74, 6) is -1.04. The Labute approximate surface area is 215 Å². The summed E-state index contributed by atoms with van der Waals surface area (Å²) >= 11 is 0. The Morgan fingerprint density at radius 2 is 1.86 bits per heavy atom. The number of fused-ring (bicyclic) bond motifs is 1. The molecule has 1 aliphatic rings. The van der Waals surface area contributed by atoms with Gasteiger partial charge < -0.3 is 14.7 Å². The topological polar surface area (TPSA) is 84.1 Å². The van der Waals surface area contributed by atoms with Crippen LogP contribution in [0.15, 0.2) is 97.2 Å². The summed E-state index contributed by atoms with van der Waals surface area (Å²) < 4.78 is 7.44. The van der Waals surface area contributed by atoms with Gasteiger partial charge in [-0.15, -0.1) is 0 Å². The molecule has 1 saturated heterocycles. The number of Topliss-reactive ketones (excluding diaryl/α,β-unsaturated/α-hetero) is 1. The van der Waals surface area contributed by atoms with Crippen molar-refractivity contribution in [2.24, 2.45) is 0 Å². The zero-order valence-electron chi connectivity index (χ0n) is 20.5. The molecule has 186 valence electrons. The molecule has 2 aromatic heterocycles. The first-order valence-electron chi connectivity index (χ1n) is 12.1. The lowest BCUT2D eigenvalue weighted by molar-refractivity contribution is -0.139. The second-order valence-electron chi connectivity index (χ2n) is 8.87. The van der Waals surface area contributed by atoms with Crippen molar-refractivity contribution in [2.75, 3.05) is 13.2 Å². The van der Waals surface area contributed by atoms with Gasteiger partial charge in [0.1, 0.15) is 23.7 Å². The molecule has 1 unspecified atom stereocenters. The Kier molecular flexibility index (Phi) is 6.60. The minimum atomic E-state index is -0.787. The van der Waals surface area contributed by atoms with Gasteiger partial charge in [-0.25, -0.2) is 4.98 Å². The van der Waals surface area contributed by atoms with E-state index in [1.807, 2.05) is 60.7 Å². The Morgan fingerprint density at radius 1 is 1.08 bits per heavy atom. The summed E-state index contributed by atoms with van der Waals surface area (Å²) in [7, 11) is 0. The number of hydrogen-bond acceptors (Lipinski definition) is 5. The number of carbonyl (C=O) groups excluding carboxylic acids is 2. The number of amides is 1. The summed E-state index contributed by atoms with van der Waals surface area (Å²) in [6, 6.07) is 21.7. The van der Waals surface area contributed by atoms with Crippen LogP contribution < -0.4 is 4.74 Å². The molecule has 0 radical (unpaired) electrons. The summed E-state index contributed by atoms with van der Waals surface area (Å²) in [4.78, 5) is 32.9. The fraction of sp³-hybridized carbons (Fsp3) is 0.167. The van der Waals surface area contributed by atoms with Crippen LogP contribution in [0.5, 0.6) is 5.75 Å². The van der Waals surface area contributed by atoms with Gasteiger partial charge in [0.25, 0.3) is 11.7 Å². The van der Waals surface area contributed by atoms with Crippen molar-refractivity contribution in [3.63, 3.8) is 0 Å². The number of nitrogens with zero attached hydrogens (tertiary/aromatic N) is 3. The van der Waals surface area contributed by atoms with E-state index in [1.165, 1.54) is 4.90 Å². The van der Waals surface area contributed by atoms with Crippen molar-refractivity contribution in [2.45, 2.75) is 19.4 Å². The number of benzene rings is 2. The maximum Gasteiger partial charge on any atom is 0.295 e. The minimum absolute atomic E-state index is 0.0349. The second-order valence-corrected chi connectivity index (χ2v) is 8.87. The normalized spacial score (nSPS) is 16.9. The number of imidazole rings is 1. The number of aryl methyl sites for hydroxylation is 1. The molecule has 0 spiro atoms. The zero-order chi connectivity index (χ0) is 25.9. The van der Waals surface area contributed by atoms with Crippen molar-refractivity contribution in [1.29, 1.82) is 0 Å². The first kappa shape index (κ1) is 24.1. The van der Waals surface area contributed by atoms with Gasteiger partial charge in [0.2, 0.25) is 0 Å². The van der Waals surface area contributed by atoms with Crippen molar-refractivity contribution >= 4 is 23.1 Å². The van der Waals surface area contributed by atoms with Crippen LogP contribution in [0.25, 0.3) is 11.4 Å². The molecule has 2 aromatic carbocycles. The van der Waals surface area contributed by atoms with E-state index < -0.39 is 17.7 Å². The van der Waals surface area contributed by atoms with E-state index >= 15 is 0 Å². The molecule has 7 heteroatoms. The molecule has 3 heterocycles. The van der Waals surface area contributed by atoms with E-state index in [4.69, 9.17) is 4.74 Å². The number of aromatic nitrogens is 2. The third kappa shape index (κ3) is 4.51. The van der Waals surface area contributed by atoms with Crippen molar-refractivity contribution < 1.29 is 19.4 Å². The van der Waals surface area contributed by atoms with Crippen LogP contribution in [0, 0.1) is 6.92 Å². The molecule has 0 bridgehead atoms. The lowest BCUT2D eigenvalue weighted by atomic mass is 9.96. The maximum atomic E-state index is 13.5. The number of ether oxygens (including phenoxy) is 1. The molecule has 1 N–H and O–H groups in total. The predicted molar refractivity (Wildman–Crippen MR) is 141 cm³/mol. The van der Waals surface area contributed by atoms with Crippen molar-refractivity contribution in [3.8, 4) is 5.75 Å². The Bertz CT molecular complexity index is 1520. The number of rotatable bonds is 8. The number of pyridine rings is 1. The molecule has 5 rings (SSSR count). The number of aliphatic hydroxyl groups is 1. The fourth-order valence-electron chi connectivity index (χ4n) is 4.81. The van der Waals surface area contributed by atoms with Crippen molar-refractivity contribution in [3.05, 3.63) is 120 Å². The summed E-state index contributed by atoms with van der Waals surface area (Å²) in [5, 5.41) is 11.6. The third-order valence-electron chi connectivity index (χ3n) is 6.49. The zero-order valence-corrected chi connectivity index (χ0v) is 20.5. The molecule has 7 nitrogen and oxygen atoms in total. The predicted octanol–water partition coefficient (Wildman–Crippen LogP) is 4.87. The van der Waals surface area contributed by atoms with Crippen LogP contribution in [0.1, 0.15) is 28.6 Å². The smallest absolute Gasteiger partial charge is 0.295 e. The fourth-order valence-corrected chi connectivity index (χ4v) is 4.81. The molecule has 0 saturated carbocycles. The molecule has 1 fully saturated rings. The Morgan fingerprint density at radius 3 is 2.65 bits per heavy atom. The molecule has 1 aliphatic heterocycles. The van der Waals surface area contributed by atoms with E-state index in [1.54, 1.807) is 35.7 Å². The van der Waals surface area contributed by atoms with Gasteiger partial charge in [-0.05, 0) is 48.7 Å². The molecule has 4 aromatic rings. The van der Waals surface area contributed by atoms with Gasteiger partial charge >= 0.3 is 0 Å². The highest BCUT2D eigenvalue weighted by atomic mass is 16.5. The van der Waals surface area contributed by atoms with Crippen LogP contribution in [0.4, 0.5) is 0 Å². The van der Waals surface area contributed by atoms with Gasteiger partial charge in [-0.1, -0.05) is 61.2 Å². The van der Waals surface area contributed by atoms with Gasteiger partial charge in [-0.2, -0.15) is 0 Å². The summed E-state index contributed by atoms with van der Waals surface area (Å²) in [6.07, 6.45) is 3.98. The first-order valence-corrected chi connectivity index (χ1v) is 12.1. The molecule has 1 atom stereocenters. The SMILES string of the molecule is C=CCOc1cccc(C2/C(=C(\O)c3c(C)nc4ccccn34)C(=O)C(=O)N2CCc2ccccc2)c1. The highest BCUT2D eigenvalue weighted by Crippen LogP contribution is 2.40. The van der Waals surface area contributed by atoms with Crippen LogP contribution in [-0.4, -0.2) is 44.2 Å². The Hall–Kier alpha value is -4.65. The lowest BCUT2D eigenvalue weighted by Crippen LogP contribution is -2.31. The van der Waals surface area contributed by atoms with Crippen LogP contribution in [0.3, 0.4) is 0 Å². The van der Waals surface area contributed by atoms with Crippen LogP contribution in [-0.2, 0) is 16.0 Å². The average Bonchev–Trinajstić information content (AvgIpc) is 3.39. The summed E-state index contributed by atoms with van der Waals surface area (Å²) in [5.41, 5.74) is 3.33. The third-order valence-corrected chi connectivity index (χ3v) is 6.49. The average molecular weight is 494 g/mol. The highest BCUT2D eigenvalue weighted by molar-refractivity contribution is 6.46. The van der Waals surface area contributed by atoms with Crippen LogP contribution in [0.2, 0.25) is 0 Å². The van der Waals surface area contributed by atoms with E-state index in [-0.39, 0.29) is 11.3 Å².